The lowest BCUT2D eigenvalue weighted by Crippen LogP contribution is -2.48. The van der Waals surface area contributed by atoms with E-state index < -0.39 is 0 Å². The van der Waals surface area contributed by atoms with Crippen LogP contribution in [0.2, 0.25) is 0 Å². The van der Waals surface area contributed by atoms with E-state index >= 15 is 0 Å². The van der Waals surface area contributed by atoms with Crippen LogP contribution in [0.5, 0.6) is 11.5 Å². The van der Waals surface area contributed by atoms with Gasteiger partial charge in [0.1, 0.15) is 17.3 Å². The standard InChI is InChI=1S/C23H24N4O4S/c1-30-18-12-16(13-19(14-18)31-2)22(28)25-17-5-6-21(24-15-17)26-7-9-27(10-8-26)23(29)20-4-3-11-32-20/h3-6,11-15H,7-10H2,1-2H3,(H,25,28). The van der Waals surface area contributed by atoms with Gasteiger partial charge in [-0.05, 0) is 35.7 Å². The fraction of sp³-hybridized carbons (Fsp3) is 0.261. The lowest BCUT2D eigenvalue weighted by Gasteiger charge is -2.35. The minimum Gasteiger partial charge on any atom is -0.497 e. The first kappa shape index (κ1) is 21.6. The van der Waals surface area contributed by atoms with Crippen molar-refractivity contribution < 1.29 is 19.1 Å². The second kappa shape index (κ2) is 9.69. The number of piperazine rings is 1. The molecule has 0 spiro atoms. The molecule has 4 rings (SSSR count). The molecule has 2 amide bonds. The number of nitrogens with one attached hydrogen (secondary N) is 1. The summed E-state index contributed by atoms with van der Waals surface area (Å²) in [4.78, 5) is 34.4. The molecule has 0 saturated carbocycles. The van der Waals surface area contributed by atoms with Gasteiger partial charge in [-0.1, -0.05) is 6.07 Å². The summed E-state index contributed by atoms with van der Waals surface area (Å²) in [6, 6.07) is 12.5. The first-order chi connectivity index (χ1) is 15.6. The zero-order valence-electron chi connectivity index (χ0n) is 17.9. The molecule has 1 saturated heterocycles. The van der Waals surface area contributed by atoms with E-state index in [-0.39, 0.29) is 11.8 Å². The molecule has 1 aliphatic rings. The number of ether oxygens (including phenoxy) is 2. The summed E-state index contributed by atoms with van der Waals surface area (Å²) in [5.41, 5.74) is 1.02. The highest BCUT2D eigenvalue weighted by molar-refractivity contribution is 7.12. The molecule has 32 heavy (non-hydrogen) atoms. The van der Waals surface area contributed by atoms with Gasteiger partial charge in [-0.15, -0.1) is 11.3 Å². The van der Waals surface area contributed by atoms with Crippen LogP contribution in [0.3, 0.4) is 0 Å². The van der Waals surface area contributed by atoms with Crippen LogP contribution in [0.1, 0.15) is 20.0 Å². The Labute approximate surface area is 190 Å². The fourth-order valence-corrected chi connectivity index (χ4v) is 4.17. The number of hydrogen-bond acceptors (Lipinski definition) is 7. The Morgan fingerprint density at radius 3 is 2.28 bits per heavy atom. The second-order valence-electron chi connectivity index (χ2n) is 7.22. The molecule has 1 aliphatic heterocycles. The van der Waals surface area contributed by atoms with Crippen molar-refractivity contribution >= 4 is 34.7 Å². The summed E-state index contributed by atoms with van der Waals surface area (Å²) in [6.45, 7) is 2.71. The Morgan fingerprint density at radius 1 is 1.00 bits per heavy atom. The average molecular weight is 453 g/mol. The number of anilines is 2. The molecular formula is C23H24N4O4S. The Kier molecular flexibility index (Phi) is 6.55. The Bertz CT molecular complexity index is 1060. The zero-order chi connectivity index (χ0) is 22.5. The van der Waals surface area contributed by atoms with Crippen molar-refractivity contribution in [1.82, 2.24) is 9.88 Å². The normalized spacial score (nSPS) is 13.6. The number of methoxy groups -OCH3 is 2. The highest BCUT2D eigenvalue weighted by atomic mass is 32.1. The number of benzene rings is 1. The highest BCUT2D eigenvalue weighted by Gasteiger charge is 2.23. The van der Waals surface area contributed by atoms with Crippen molar-refractivity contribution in [3.63, 3.8) is 0 Å². The maximum atomic E-state index is 12.6. The minimum atomic E-state index is -0.280. The van der Waals surface area contributed by atoms with Crippen molar-refractivity contribution in [1.29, 1.82) is 0 Å². The summed E-state index contributed by atoms with van der Waals surface area (Å²) < 4.78 is 10.4. The summed E-state index contributed by atoms with van der Waals surface area (Å²) in [7, 11) is 3.08. The molecule has 0 aliphatic carbocycles. The number of hydrogen-bond donors (Lipinski definition) is 1. The van der Waals surface area contributed by atoms with E-state index in [2.05, 4.69) is 15.2 Å². The quantitative estimate of drug-likeness (QED) is 0.617. The summed E-state index contributed by atoms with van der Waals surface area (Å²) in [5.74, 6) is 1.70. The average Bonchev–Trinajstić information content (AvgIpc) is 3.39. The van der Waals surface area contributed by atoms with Gasteiger partial charge in [-0.2, -0.15) is 0 Å². The van der Waals surface area contributed by atoms with E-state index in [9.17, 15) is 9.59 Å². The maximum absolute atomic E-state index is 12.6. The largest absolute Gasteiger partial charge is 0.497 e. The van der Waals surface area contributed by atoms with Crippen LogP contribution in [-0.4, -0.2) is 62.1 Å². The van der Waals surface area contributed by atoms with Crippen molar-refractivity contribution in [2.45, 2.75) is 0 Å². The lowest BCUT2D eigenvalue weighted by molar-refractivity contribution is 0.0751. The van der Waals surface area contributed by atoms with E-state index in [1.807, 2.05) is 34.5 Å². The van der Waals surface area contributed by atoms with E-state index in [0.29, 0.717) is 48.9 Å². The van der Waals surface area contributed by atoms with Crippen LogP contribution >= 0.6 is 11.3 Å². The molecule has 2 aromatic heterocycles. The Morgan fingerprint density at radius 2 is 1.72 bits per heavy atom. The zero-order valence-corrected chi connectivity index (χ0v) is 18.7. The van der Waals surface area contributed by atoms with Gasteiger partial charge in [0.25, 0.3) is 11.8 Å². The third-order valence-electron chi connectivity index (χ3n) is 5.24. The number of aromatic nitrogens is 1. The van der Waals surface area contributed by atoms with Crippen molar-refractivity contribution in [3.8, 4) is 11.5 Å². The monoisotopic (exact) mass is 452 g/mol. The van der Waals surface area contributed by atoms with Crippen molar-refractivity contribution in [2.75, 3.05) is 50.6 Å². The fourth-order valence-electron chi connectivity index (χ4n) is 3.48. The molecule has 0 bridgehead atoms. The van der Waals surface area contributed by atoms with E-state index in [0.717, 1.165) is 10.7 Å². The predicted molar refractivity (Wildman–Crippen MR) is 124 cm³/mol. The Hall–Kier alpha value is -3.59. The topological polar surface area (TPSA) is 84.0 Å². The molecule has 1 aromatic carbocycles. The van der Waals surface area contributed by atoms with E-state index in [1.54, 1.807) is 24.4 Å². The van der Waals surface area contributed by atoms with Gasteiger partial charge in [0, 0.05) is 37.8 Å². The van der Waals surface area contributed by atoms with Gasteiger partial charge in [0.05, 0.1) is 31.0 Å². The summed E-state index contributed by atoms with van der Waals surface area (Å²) in [6.07, 6.45) is 1.63. The molecule has 1 fully saturated rings. The first-order valence-electron chi connectivity index (χ1n) is 10.2. The molecule has 1 N–H and O–H groups in total. The SMILES string of the molecule is COc1cc(OC)cc(C(=O)Nc2ccc(N3CCN(C(=O)c4cccs4)CC3)nc2)c1. The van der Waals surface area contributed by atoms with Crippen LogP contribution in [-0.2, 0) is 0 Å². The summed E-state index contributed by atoms with van der Waals surface area (Å²) >= 11 is 1.46. The van der Waals surface area contributed by atoms with Gasteiger partial charge in [0.15, 0.2) is 0 Å². The number of nitrogens with zero attached hydrogens (tertiary/aromatic N) is 3. The van der Waals surface area contributed by atoms with Crippen LogP contribution in [0.4, 0.5) is 11.5 Å². The smallest absolute Gasteiger partial charge is 0.264 e. The number of carbonyl (C=O) groups is 2. The molecule has 0 unspecified atom stereocenters. The van der Waals surface area contributed by atoms with Crippen LogP contribution in [0.25, 0.3) is 0 Å². The van der Waals surface area contributed by atoms with Crippen LogP contribution < -0.4 is 19.7 Å². The van der Waals surface area contributed by atoms with Crippen LogP contribution in [0.15, 0.2) is 54.0 Å². The van der Waals surface area contributed by atoms with Gasteiger partial charge in [0.2, 0.25) is 0 Å². The van der Waals surface area contributed by atoms with E-state index in [4.69, 9.17) is 9.47 Å². The molecule has 0 atom stereocenters. The minimum absolute atomic E-state index is 0.0832. The third-order valence-corrected chi connectivity index (χ3v) is 6.10. The van der Waals surface area contributed by atoms with Gasteiger partial charge < -0.3 is 24.6 Å². The first-order valence-corrected chi connectivity index (χ1v) is 11.0. The van der Waals surface area contributed by atoms with Gasteiger partial charge in [-0.25, -0.2) is 4.98 Å². The number of amides is 2. The molecule has 8 nitrogen and oxygen atoms in total. The molecule has 3 heterocycles. The molecule has 0 radical (unpaired) electrons. The Balaban J connectivity index is 1.36. The summed E-state index contributed by atoms with van der Waals surface area (Å²) in [5, 5.41) is 4.76. The molecule has 3 aromatic rings. The molecule has 9 heteroatoms. The third kappa shape index (κ3) is 4.83. The van der Waals surface area contributed by atoms with E-state index in [1.165, 1.54) is 25.6 Å². The number of rotatable bonds is 6. The van der Waals surface area contributed by atoms with Crippen molar-refractivity contribution in [3.05, 3.63) is 64.5 Å². The number of carbonyl (C=O) groups excluding carboxylic acids is 2. The predicted octanol–water partition coefficient (Wildman–Crippen LogP) is 3.38. The van der Waals surface area contributed by atoms with Crippen LogP contribution in [0, 0.1) is 0 Å². The van der Waals surface area contributed by atoms with Gasteiger partial charge in [-0.3, -0.25) is 9.59 Å². The van der Waals surface area contributed by atoms with Crippen molar-refractivity contribution in [2.24, 2.45) is 0 Å². The highest BCUT2D eigenvalue weighted by Crippen LogP contribution is 2.24. The number of thiophene rings is 1. The lowest BCUT2D eigenvalue weighted by atomic mass is 10.2. The number of pyridine rings is 1. The second-order valence-corrected chi connectivity index (χ2v) is 8.16. The molecule has 166 valence electrons. The molecular weight excluding hydrogens is 428 g/mol. The maximum Gasteiger partial charge on any atom is 0.264 e. The van der Waals surface area contributed by atoms with Gasteiger partial charge >= 0.3 is 0 Å².